The quantitative estimate of drug-likeness (QED) is 0.104. The van der Waals surface area contributed by atoms with Crippen LogP contribution < -0.4 is 5.32 Å². The summed E-state index contributed by atoms with van der Waals surface area (Å²) in [5.74, 6) is -4.38. The average Bonchev–Trinajstić information content (AvgIpc) is 3.42. The summed E-state index contributed by atoms with van der Waals surface area (Å²) in [6, 6.07) is 1.62. The fourth-order valence-corrected chi connectivity index (χ4v) is 5.85. The van der Waals surface area contributed by atoms with E-state index < -0.39 is 59.5 Å². The molecule has 2 aromatic rings. The van der Waals surface area contributed by atoms with Crippen LogP contribution in [0.5, 0.6) is 5.75 Å². The predicted molar refractivity (Wildman–Crippen MR) is 175 cm³/mol. The van der Waals surface area contributed by atoms with Crippen LogP contribution in [0.25, 0.3) is 11.0 Å². The van der Waals surface area contributed by atoms with Crippen LogP contribution in [0.15, 0.2) is 58.2 Å². The summed E-state index contributed by atoms with van der Waals surface area (Å²) >= 11 is 0. The molecule has 3 rings (SSSR count). The van der Waals surface area contributed by atoms with E-state index in [2.05, 4.69) is 5.32 Å². The van der Waals surface area contributed by atoms with Gasteiger partial charge in [0.1, 0.15) is 29.5 Å². The minimum atomic E-state index is -1.06. The lowest BCUT2D eigenvalue weighted by atomic mass is 9.79. The van der Waals surface area contributed by atoms with Gasteiger partial charge in [0.2, 0.25) is 5.78 Å². The van der Waals surface area contributed by atoms with Crippen molar-refractivity contribution in [3.05, 3.63) is 76.2 Å². The van der Waals surface area contributed by atoms with Crippen molar-refractivity contribution in [2.45, 2.75) is 73.7 Å². The molecule has 1 aliphatic carbocycles. The number of aldehydes is 1. The zero-order valence-electron chi connectivity index (χ0n) is 27.9. The fraction of sp³-hybridized carbons (Fsp3) is 0.417. The number of benzene rings is 1. The number of aliphatic hydroxyl groups is 2. The number of hydrogen-bond donors (Lipinski definition) is 4. The fourth-order valence-electron chi connectivity index (χ4n) is 5.85. The number of carbonyl (C=O) groups excluding carboxylic acids is 5. The predicted octanol–water partition coefficient (Wildman–Crippen LogP) is 4.59. The van der Waals surface area contributed by atoms with E-state index in [1.807, 2.05) is 0 Å². The molecule has 47 heavy (non-hydrogen) atoms. The van der Waals surface area contributed by atoms with E-state index in [4.69, 9.17) is 9.15 Å². The molecule has 4 N–H and O–H groups in total. The molecule has 11 heteroatoms. The summed E-state index contributed by atoms with van der Waals surface area (Å²) < 4.78 is 11.1. The second kappa shape index (κ2) is 15.3. The first-order chi connectivity index (χ1) is 22.0. The van der Waals surface area contributed by atoms with Crippen LogP contribution in [0.4, 0.5) is 0 Å². The Morgan fingerprint density at radius 3 is 2.19 bits per heavy atom. The van der Waals surface area contributed by atoms with Crippen LogP contribution in [-0.2, 0) is 19.1 Å². The Bertz CT molecular complexity index is 1690. The first-order valence-corrected chi connectivity index (χ1v) is 15.4. The molecule has 7 unspecified atom stereocenters. The minimum Gasteiger partial charge on any atom is -0.507 e. The van der Waals surface area contributed by atoms with Gasteiger partial charge in [-0.15, -0.1) is 0 Å². The molecule has 1 aromatic carbocycles. The summed E-state index contributed by atoms with van der Waals surface area (Å²) in [5, 5.41) is 35.7. The first-order valence-electron chi connectivity index (χ1n) is 15.4. The van der Waals surface area contributed by atoms with Gasteiger partial charge in [-0.05, 0) is 32.9 Å². The Balaban J connectivity index is 1.70. The van der Waals surface area contributed by atoms with Gasteiger partial charge in [-0.2, -0.15) is 0 Å². The number of ketones is 2. The summed E-state index contributed by atoms with van der Waals surface area (Å²) in [7, 11) is 0. The van der Waals surface area contributed by atoms with Crippen molar-refractivity contribution in [1.82, 2.24) is 5.32 Å². The van der Waals surface area contributed by atoms with Crippen LogP contribution in [0.1, 0.15) is 73.6 Å². The molecule has 1 aromatic heterocycles. The number of esters is 1. The number of ether oxygens (including phenoxy) is 1. The van der Waals surface area contributed by atoms with Crippen LogP contribution in [0.3, 0.4) is 0 Å². The van der Waals surface area contributed by atoms with Gasteiger partial charge in [-0.25, -0.2) is 0 Å². The van der Waals surface area contributed by atoms with E-state index in [9.17, 15) is 39.3 Å². The Kier molecular flexibility index (Phi) is 12.0. The molecular weight excluding hydrogens is 606 g/mol. The summed E-state index contributed by atoms with van der Waals surface area (Å²) in [6.45, 7) is 12.9. The molecule has 0 fully saturated rings. The SMILES string of the molecule is CC(=O)OC(C(C)/C=C/C=O)C(C)C(O)C(C)C(O)C(C)/C=C/C=C(\C)C(=O)NC1=CC(=O)c2c(c(O)c(C)c3oc(C)cc23)C1=O. The number of aromatic hydroxyl groups is 1. The van der Waals surface area contributed by atoms with E-state index >= 15 is 0 Å². The Hall–Kier alpha value is -4.61. The van der Waals surface area contributed by atoms with Crippen LogP contribution in [0.2, 0.25) is 0 Å². The standard InChI is InChI=1S/C36H43NO10/c1-17(30(41)21(5)31(42)22(6)34(47-24(8)39)18(2)13-10-14-38)11-9-12-19(3)36(45)37-26-16-27(40)28-25-15-20(4)46-35(25)23(7)32(43)29(28)33(26)44/h9-18,21-22,30-31,34,41-43H,1-8H3,(H,37,45)/b11-9+,13-10+,19-12+. The van der Waals surface area contributed by atoms with E-state index in [-0.39, 0.29) is 34.1 Å². The number of hydrogen-bond acceptors (Lipinski definition) is 10. The van der Waals surface area contributed by atoms with E-state index in [1.165, 1.54) is 26.0 Å². The van der Waals surface area contributed by atoms with Gasteiger partial charge in [0, 0.05) is 58.8 Å². The largest absolute Gasteiger partial charge is 0.507 e. The molecule has 1 amide bonds. The van der Waals surface area contributed by atoms with Gasteiger partial charge in [-0.3, -0.25) is 24.0 Å². The summed E-state index contributed by atoms with van der Waals surface area (Å²) in [6.07, 6.45) is 6.40. The first kappa shape index (κ1) is 36.9. The molecule has 0 bridgehead atoms. The van der Waals surface area contributed by atoms with Crippen molar-refractivity contribution in [3.63, 3.8) is 0 Å². The Labute approximate surface area is 273 Å². The van der Waals surface area contributed by atoms with E-state index in [0.29, 0.717) is 28.6 Å². The van der Waals surface area contributed by atoms with Gasteiger partial charge in [-0.1, -0.05) is 52.0 Å². The zero-order valence-corrected chi connectivity index (χ0v) is 27.9. The maximum atomic E-state index is 13.3. The number of phenols is 1. The molecule has 7 atom stereocenters. The third kappa shape index (κ3) is 8.04. The average molecular weight is 650 g/mol. The number of Topliss-reactive ketones (excluding diaryl/α,β-unsaturated/α-hetero) is 1. The lowest BCUT2D eigenvalue weighted by Gasteiger charge is -2.35. The Morgan fingerprint density at radius 1 is 0.936 bits per heavy atom. The number of furan rings is 1. The van der Waals surface area contributed by atoms with Gasteiger partial charge in [0.15, 0.2) is 5.78 Å². The van der Waals surface area contributed by atoms with Gasteiger partial charge in [0.25, 0.3) is 5.91 Å². The molecule has 11 nitrogen and oxygen atoms in total. The molecule has 0 saturated heterocycles. The third-order valence-electron chi connectivity index (χ3n) is 8.65. The molecule has 0 aliphatic heterocycles. The lowest BCUT2D eigenvalue weighted by molar-refractivity contribution is -0.155. The summed E-state index contributed by atoms with van der Waals surface area (Å²) in [5.41, 5.74) is 0.361. The minimum absolute atomic E-state index is 0.0191. The topological polar surface area (TPSA) is 180 Å². The van der Waals surface area contributed by atoms with Crippen LogP contribution in [0, 0.1) is 37.5 Å². The number of rotatable bonds is 13. The number of phenolic OH excluding ortho intramolecular Hbond substituents is 1. The molecular formula is C36H43NO10. The second-order valence-corrected chi connectivity index (χ2v) is 12.3. The molecule has 0 saturated carbocycles. The van der Waals surface area contributed by atoms with Crippen molar-refractivity contribution >= 4 is 40.7 Å². The molecule has 0 spiro atoms. The highest BCUT2D eigenvalue weighted by Gasteiger charge is 2.37. The monoisotopic (exact) mass is 649 g/mol. The number of nitrogens with one attached hydrogen (secondary N) is 1. The zero-order chi connectivity index (χ0) is 35.3. The number of allylic oxidation sites excluding steroid dienone is 5. The summed E-state index contributed by atoms with van der Waals surface area (Å²) in [4.78, 5) is 61.8. The van der Waals surface area contributed by atoms with Gasteiger partial charge >= 0.3 is 5.97 Å². The van der Waals surface area contributed by atoms with E-state index in [1.54, 1.807) is 65.8 Å². The van der Waals surface area contributed by atoms with Gasteiger partial charge < -0.3 is 29.8 Å². The maximum Gasteiger partial charge on any atom is 0.302 e. The highest BCUT2D eigenvalue weighted by molar-refractivity contribution is 6.30. The normalized spacial score (nSPS) is 18.3. The van der Waals surface area contributed by atoms with Crippen molar-refractivity contribution in [3.8, 4) is 5.75 Å². The number of amides is 1. The molecule has 252 valence electrons. The van der Waals surface area contributed by atoms with E-state index in [0.717, 1.165) is 6.08 Å². The highest BCUT2D eigenvalue weighted by atomic mass is 16.5. The lowest BCUT2D eigenvalue weighted by Crippen LogP contribution is -2.44. The third-order valence-corrected chi connectivity index (χ3v) is 8.65. The number of carbonyl (C=O) groups is 5. The number of fused-ring (bicyclic) bond motifs is 3. The molecule has 0 radical (unpaired) electrons. The van der Waals surface area contributed by atoms with Crippen LogP contribution in [-0.4, -0.2) is 63.4 Å². The van der Waals surface area contributed by atoms with Crippen molar-refractivity contribution in [1.29, 1.82) is 0 Å². The molecule has 1 heterocycles. The number of aryl methyl sites for hydroxylation is 2. The second-order valence-electron chi connectivity index (χ2n) is 12.3. The smallest absolute Gasteiger partial charge is 0.302 e. The van der Waals surface area contributed by atoms with Crippen molar-refractivity contribution < 1.29 is 48.4 Å². The Morgan fingerprint density at radius 2 is 1.57 bits per heavy atom. The molecule has 1 aliphatic rings. The number of aliphatic hydroxyl groups excluding tert-OH is 2. The maximum absolute atomic E-state index is 13.3. The van der Waals surface area contributed by atoms with Crippen molar-refractivity contribution in [2.75, 3.05) is 0 Å². The van der Waals surface area contributed by atoms with Crippen LogP contribution >= 0.6 is 0 Å². The van der Waals surface area contributed by atoms with Crippen molar-refractivity contribution in [2.24, 2.45) is 23.7 Å². The van der Waals surface area contributed by atoms with Gasteiger partial charge in [0.05, 0.1) is 23.5 Å². The highest BCUT2D eigenvalue weighted by Crippen LogP contribution is 2.39.